The van der Waals surface area contributed by atoms with Crippen LogP contribution in [0.2, 0.25) is 0 Å². The van der Waals surface area contributed by atoms with Crippen molar-refractivity contribution in [2.45, 2.75) is 13.8 Å². The zero-order valence-electron chi connectivity index (χ0n) is 8.02. The van der Waals surface area contributed by atoms with Gasteiger partial charge in [-0.05, 0) is 12.1 Å². The molecule has 74 valence electrons. The average molecular weight is 193 g/mol. The van der Waals surface area contributed by atoms with Gasteiger partial charge < -0.3 is 5.11 Å². The first-order valence-electron chi connectivity index (χ1n) is 4.16. The first kappa shape index (κ1) is 12.1. The van der Waals surface area contributed by atoms with Crippen molar-refractivity contribution in [3.8, 4) is 0 Å². The van der Waals surface area contributed by atoms with Gasteiger partial charge in [-0.2, -0.15) is 4.99 Å². The molecule has 0 heterocycles. The summed E-state index contributed by atoms with van der Waals surface area (Å²) in [6.45, 7) is 4.00. The maximum atomic E-state index is 10.5. The quantitative estimate of drug-likeness (QED) is 0.579. The molecule has 0 saturated heterocycles. The minimum absolute atomic E-state index is 0.000787. The first-order valence-corrected chi connectivity index (χ1v) is 4.16. The van der Waals surface area contributed by atoms with Crippen LogP contribution in [0, 0.1) is 0 Å². The zero-order chi connectivity index (χ0) is 11.0. The maximum absolute atomic E-state index is 10.5. The highest BCUT2D eigenvalue weighted by Crippen LogP contribution is 2.17. The molecule has 0 aromatic heterocycles. The van der Waals surface area contributed by atoms with Crippen LogP contribution in [0.5, 0.6) is 0 Å². The number of isocyanates is 1. The van der Waals surface area contributed by atoms with Crippen LogP contribution < -0.4 is 0 Å². The third-order valence-corrected chi connectivity index (χ3v) is 1.30. The number of benzene rings is 1. The van der Waals surface area contributed by atoms with E-state index in [4.69, 9.17) is 5.11 Å². The van der Waals surface area contributed by atoms with Crippen molar-refractivity contribution in [1.29, 1.82) is 0 Å². The van der Waals surface area contributed by atoms with Crippen molar-refractivity contribution in [2.24, 2.45) is 4.99 Å². The molecule has 1 aromatic carbocycles. The lowest BCUT2D eigenvalue weighted by molar-refractivity contribution is 0.0698. The van der Waals surface area contributed by atoms with E-state index in [0.29, 0.717) is 0 Å². The fourth-order valence-corrected chi connectivity index (χ4v) is 0.801. The highest BCUT2D eigenvalue weighted by atomic mass is 16.4. The smallest absolute Gasteiger partial charge is 0.337 e. The van der Waals surface area contributed by atoms with E-state index in [9.17, 15) is 9.59 Å². The standard InChI is InChI=1S/C8H5NO3.C2H6/c10-5-9-7-4-2-1-3-6(7)8(11)12;1-2/h1-4H,(H,11,12);1-2H3. The van der Waals surface area contributed by atoms with Crippen LogP contribution in [0.25, 0.3) is 0 Å². The average Bonchev–Trinajstić information content (AvgIpc) is 2.22. The molecule has 0 amide bonds. The van der Waals surface area contributed by atoms with E-state index in [0.717, 1.165) is 0 Å². The topological polar surface area (TPSA) is 66.7 Å². The lowest BCUT2D eigenvalue weighted by atomic mass is 10.2. The molecule has 0 bridgehead atoms. The van der Waals surface area contributed by atoms with Crippen molar-refractivity contribution < 1.29 is 14.7 Å². The van der Waals surface area contributed by atoms with Crippen LogP contribution >= 0.6 is 0 Å². The minimum Gasteiger partial charge on any atom is -0.478 e. The number of aromatic carboxylic acids is 1. The maximum Gasteiger partial charge on any atom is 0.337 e. The molecule has 0 atom stereocenters. The lowest BCUT2D eigenvalue weighted by Crippen LogP contribution is -1.95. The van der Waals surface area contributed by atoms with Crippen molar-refractivity contribution in [1.82, 2.24) is 0 Å². The normalized spacial score (nSPS) is 7.86. The Bertz CT molecular complexity index is 333. The number of carboxylic acid groups (broad SMARTS) is 1. The summed E-state index contributed by atoms with van der Waals surface area (Å²) in [5, 5.41) is 8.60. The molecule has 1 aromatic rings. The van der Waals surface area contributed by atoms with Gasteiger partial charge in [-0.1, -0.05) is 26.0 Å². The lowest BCUT2D eigenvalue weighted by Gasteiger charge is -1.95. The van der Waals surface area contributed by atoms with Gasteiger partial charge in [0.05, 0.1) is 11.3 Å². The van der Waals surface area contributed by atoms with E-state index in [-0.39, 0.29) is 11.3 Å². The molecule has 0 spiro atoms. The number of carboxylic acids is 1. The van der Waals surface area contributed by atoms with Gasteiger partial charge in [0.1, 0.15) is 0 Å². The Morgan fingerprint density at radius 3 is 2.43 bits per heavy atom. The number of carbonyl (C=O) groups excluding carboxylic acids is 1. The number of carbonyl (C=O) groups is 1. The number of hydrogen-bond donors (Lipinski definition) is 1. The van der Waals surface area contributed by atoms with Crippen molar-refractivity contribution in [3.63, 3.8) is 0 Å². The molecular weight excluding hydrogens is 182 g/mol. The molecule has 4 heteroatoms. The van der Waals surface area contributed by atoms with E-state index in [1.165, 1.54) is 18.2 Å². The van der Waals surface area contributed by atoms with Crippen LogP contribution in [0.4, 0.5) is 5.69 Å². The summed E-state index contributed by atoms with van der Waals surface area (Å²) in [6.07, 6.45) is 1.29. The molecule has 0 radical (unpaired) electrons. The molecule has 0 aliphatic heterocycles. The summed E-state index contributed by atoms with van der Waals surface area (Å²) in [7, 11) is 0. The van der Waals surface area contributed by atoms with Crippen molar-refractivity contribution in [3.05, 3.63) is 29.8 Å². The Hall–Kier alpha value is -1.93. The van der Waals surface area contributed by atoms with Gasteiger partial charge in [-0.25, -0.2) is 9.59 Å². The number of para-hydroxylation sites is 1. The Kier molecular flexibility index (Phi) is 5.67. The van der Waals surface area contributed by atoms with Gasteiger partial charge in [-0.3, -0.25) is 0 Å². The predicted octanol–water partition coefficient (Wildman–Crippen LogP) is 2.38. The second kappa shape index (κ2) is 6.57. The van der Waals surface area contributed by atoms with E-state index < -0.39 is 5.97 Å². The Labute approximate surface area is 81.9 Å². The number of rotatable bonds is 2. The molecule has 0 saturated carbocycles. The SMILES string of the molecule is CC.O=C=Nc1ccccc1C(=O)O. The minimum atomic E-state index is -1.11. The fourth-order valence-electron chi connectivity index (χ4n) is 0.801. The van der Waals surface area contributed by atoms with Crippen molar-refractivity contribution in [2.75, 3.05) is 0 Å². The first-order chi connectivity index (χ1) is 6.75. The largest absolute Gasteiger partial charge is 0.478 e. The van der Waals surface area contributed by atoms with Gasteiger partial charge in [0.2, 0.25) is 6.08 Å². The Morgan fingerprint density at radius 1 is 1.36 bits per heavy atom. The van der Waals surface area contributed by atoms with Crippen LogP contribution in [0.3, 0.4) is 0 Å². The van der Waals surface area contributed by atoms with Crippen LogP contribution in [-0.2, 0) is 4.79 Å². The monoisotopic (exact) mass is 193 g/mol. The summed E-state index contributed by atoms with van der Waals surface area (Å²) < 4.78 is 0. The predicted molar refractivity (Wildman–Crippen MR) is 52.5 cm³/mol. The van der Waals surface area contributed by atoms with Crippen molar-refractivity contribution >= 4 is 17.7 Å². The highest BCUT2D eigenvalue weighted by Gasteiger charge is 2.06. The van der Waals surface area contributed by atoms with Gasteiger partial charge >= 0.3 is 5.97 Å². The van der Waals surface area contributed by atoms with Gasteiger partial charge in [0.15, 0.2) is 0 Å². The molecule has 1 rings (SSSR count). The fraction of sp³-hybridized carbons (Fsp3) is 0.200. The molecule has 1 N–H and O–H groups in total. The molecular formula is C10H11NO3. The van der Waals surface area contributed by atoms with E-state index >= 15 is 0 Å². The Morgan fingerprint density at radius 2 is 1.93 bits per heavy atom. The third-order valence-electron chi connectivity index (χ3n) is 1.30. The number of nitrogens with zero attached hydrogens (tertiary/aromatic N) is 1. The summed E-state index contributed by atoms with van der Waals surface area (Å²) in [5.74, 6) is -1.11. The van der Waals surface area contributed by atoms with Crippen LogP contribution in [-0.4, -0.2) is 17.2 Å². The van der Waals surface area contributed by atoms with E-state index in [2.05, 4.69) is 4.99 Å². The summed E-state index contributed by atoms with van der Waals surface area (Å²) in [6, 6.07) is 5.97. The number of aliphatic imine (C=N–C) groups is 1. The van der Waals surface area contributed by atoms with E-state index in [1.807, 2.05) is 13.8 Å². The Balaban J connectivity index is 0.000000791. The van der Waals surface area contributed by atoms with Crippen LogP contribution in [0.15, 0.2) is 29.3 Å². The molecule has 0 aliphatic carbocycles. The second-order valence-corrected chi connectivity index (χ2v) is 2.03. The zero-order valence-corrected chi connectivity index (χ0v) is 8.02. The second-order valence-electron chi connectivity index (χ2n) is 2.03. The molecule has 0 unspecified atom stereocenters. The number of hydrogen-bond acceptors (Lipinski definition) is 3. The summed E-state index contributed by atoms with van der Waals surface area (Å²) in [5.41, 5.74) is 0.126. The summed E-state index contributed by atoms with van der Waals surface area (Å²) in [4.78, 5) is 23.6. The molecule has 14 heavy (non-hydrogen) atoms. The van der Waals surface area contributed by atoms with Crippen LogP contribution in [0.1, 0.15) is 24.2 Å². The molecule has 4 nitrogen and oxygen atoms in total. The molecule has 0 fully saturated rings. The highest BCUT2D eigenvalue weighted by molar-refractivity contribution is 5.93. The van der Waals surface area contributed by atoms with Gasteiger partial charge in [-0.15, -0.1) is 0 Å². The van der Waals surface area contributed by atoms with E-state index in [1.54, 1.807) is 12.1 Å². The molecule has 0 aliphatic rings. The van der Waals surface area contributed by atoms with Gasteiger partial charge in [0.25, 0.3) is 0 Å². The third kappa shape index (κ3) is 3.21. The van der Waals surface area contributed by atoms with Gasteiger partial charge in [0, 0.05) is 0 Å². The summed E-state index contributed by atoms with van der Waals surface area (Å²) >= 11 is 0.